The number of aliphatic carboxylic acids is 1. The summed E-state index contributed by atoms with van der Waals surface area (Å²) in [6, 6.07) is 2.34. The van der Waals surface area contributed by atoms with Crippen molar-refractivity contribution in [2.75, 3.05) is 20.4 Å². The summed E-state index contributed by atoms with van der Waals surface area (Å²) >= 11 is 3.06. The van der Waals surface area contributed by atoms with Crippen LogP contribution in [0.3, 0.4) is 0 Å². The number of nitrogens with zero attached hydrogens (tertiary/aromatic N) is 3. The zero-order chi connectivity index (χ0) is 25.1. The van der Waals surface area contributed by atoms with Crippen molar-refractivity contribution in [1.82, 2.24) is 5.01 Å². The largest absolute Gasteiger partial charge is 0.569 e. The van der Waals surface area contributed by atoms with E-state index in [4.69, 9.17) is 14.0 Å². The fourth-order valence-corrected chi connectivity index (χ4v) is 2.72. The van der Waals surface area contributed by atoms with Crippen molar-refractivity contribution in [3.05, 3.63) is 38.5 Å². The summed E-state index contributed by atoms with van der Waals surface area (Å²) in [5.41, 5.74) is -1.61. The molecule has 14 heteroatoms. The Morgan fingerprint density at radius 1 is 1.50 bits per heavy atom. The number of rotatable bonds is 7. The van der Waals surface area contributed by atoms with Crippen LogP contribution in [0.15, 0.2) is 27.5 Å². The van der Waals surface area contributed by atoms with E-state index in [0.29, 0.717) is 5.01 Å². The van der Waals surface area contributed by atoms with Crippen molar-refractivity contribution in [2.24, 2.45) is 5.28 Å². The number of ether oxygens (including phenoxy) is 2. The first-order chi connectivity index (χ1) is 15.1. The lowest BCUT2D eigenvalue weighted by molar-refractivity contribution is -0.704. The Morgan fingerprint density at radius 2 is 2.20 bits per heavy atom. The maximum absolute atomic E-state index is 13.6. The van der Waals surface area contributed by atoms with Gasteiger partial charge in [-0.3, -0.25) is 4.79 Å². The van der Waals surface area contributed by atoms with Crippen LogP contribution in [-0.4, -0.2) is 59.7 Å². The Hall–Kier alpha value is -3.03. The highest BCUT2D eigenvalue weighted by molar-refractivity contribution is 9.10. The van der Waals surface area contributed by atoms with Gasteiger partial charge in [0.15, 0.2) is 6.54 Å². The third-order valence-electron chi connectivity index (χ3n) is 3.47. The van der Waals surface area contributed by atoms with Crippen LogP contribution in [0.25, 0.3) is 6.08 Å². The molecule has 2 rings (SSSR count). The number of aryl methyl sites for hydroxylation is 1. The second kappa shape index (κ2) is 9.19. The number of benzene rings is 1. The SMILES string of the molecule is [2H]C([2H])([2H])c1cc(Br)cc2c1O[C@H](C(F)(F)F)C(C(=O)OCON=[N+]([O-])N(C)CC(=O)O)=C2. The number of hydrogen-bond donors (Lipinski definition) is 1. The number of esters is 1. The normalized spacial score (nSPS) is 18.0. The summed E-state index contributed by atoms with van der Waals surface area (Å²) in [5, 5.41) is 23.4. The van der Waals surface area contributed by atoms with E-state index in [9.17, 15) is 28.0 Å². The van der Waals surface area contributed by atoms with Gasteiger partial charge in [-0.1, -0.05) is 15.9 Å². The number of carboxylic acid groups (broad SMARTS) is 1. The molecule has 0 unspecified atom stereocenters. The van der Waals surface area contributed by atoms with Gasteiger partial charge in [0.25, 0.3) is 6.79 Å². The van der Waals surface area contributed by atoms with E-state index >= 15 is 0 Å². The third kappa shape index (κ3) is 5.75. The number of likely N-dealkylation sites (N-methyl/N-ethyl adjacent to an activating group) is 1. The van der Waals surface area contributed by atoms with Crippen LogP contribution in [0.4, 0.5) is 13.2 Å². The van der Waals surface area contributed by atoms with Gasteiger partial charge in [0.1, 0.15) is 5.75 Å². The van der Waals surface area contributed by atoms with E-state index < -0.39 is 61.3 Å². The molecule has 1 aromatic rings. The molecule has 0 aromatic heterocycles. The molecular formula is C16H15BrF3N3O7. The Labute approximate surface area is 180 Å². The van der Waals surface area contributed by atoms with Gasteiger partial charge in [-0.05, 0) is 30.6 Å². The Morgan fingerprint density at radius 3 is 2.80 bits per heavy atom. The molecule has 1 aromatic carbocycles. The zero-order valence-corrected chi connectivity index (χ0v) is 16.6. The van der Waals surface area contributed by atoms with Gasteiger partial charge in [-0.2, -0.15) is 13.2 Å². The quantitative estimate of drug-likeness (QED) is 0.151. The Kier molecular flexibility index (Phi) is 5.81. The molecule has 0 aliphatic carbocycles. The number of halogens is 4. The van der Waals surface area contributed by atoms with Crippen molar-refractivity contribution in [2.45, 2.75) is 19.1 Å². The van der Waals surface area contributed by atoms with Crippen LogP contribution in [0.5, 0.6) is 5.75 Å². The molecular weight excluding hydrogens is 483 g/mol. The molecule has 0 saturated carbocycles. The highest BCUT2D eigenvalue weighted by Gasteiger charge is 2.49. The van der Waals surface area contributed by atoms with Gasteiger partial charge in [-0.15, -0.1) is 5.01 Å². The molecule has 1 aliphatic rings. The summed E-state index contributed by atoms with van der Waals surface area (Å²) in [6.45, 7) is -4.63. The number of hydrazine groups is 1. The minimum absolute atomic E-state index is 0.116. The third-order valence-corrected chi connectivity index (χ3v) is 3.93. The predicted octanol–water partition coefficient (Wildman–Crippen LogP) is 2.79. The molecule has 0 bridgehead atoms. The molecule has 0 radical (unpaired) electrons. The Balaban J connectivity index is 2.26. The number of carbonyl (C=O) groups is 2. The molecule has 1 atom stereocenters. The number of fused-ring (bicyclic) bond motifs is 1. The lowest BCUT2D eigenvalue weighted by Crippen LogP contribution is -2.41. The second-order valence-corrected chi connectivity index (χ2v) is 6.65. The lowest BCUT2D eigenvalue weighted by atomic mass is 9.99. The molecule has 0 saturated heterocycles. The average molecular weight is 501 g/mol. The van der Waals surface area contributed by atoms with Crippen molar-refractivity contribution in [1.29, 1.82) is 0 Å². The molecule has 1 N–H and O–H groups in total. The van der Waals surface area contributed by atoms with Crippen molar-refractivity contribution >= 4 is 33.9 Å². The van der Waals surface area contributed by atoms with Gasteiger partial charge in [-0.25, -0.2) is 4.79 Å². The number of carbonyl (C=O) groups excluding carboxylic acids is 1. The van der Waals surface area contributed by atoms with Crippen LogP contribution in [-0.2, 0) is 19.2 Å². The second-order valence-electron chi connectivity index (χ2n) is 5.73. The summed E-state index contributed by atoms with van der Waals surface area (Å²) in [5.74, 6) is -3.45. The van der Waals surface area contributed by atoms with E-state index in [1.165, 1.54) is 6.07 Å². The van der Waals surface area contributed by atoms with Crippen LogP contribution < -0.4 is 4.74 Å². The highest BCUT2D eigenvalue weighted by atomic mass is 79.9. The van der Waals surface area contributed by atoms with Crippen molar-refractivity contribution in [3.8, 4) is 5.75 Å². The topological polar surface area (TPSA) is 124 Å². The molecule has 164 valence electrons. The fourth-order valence-electron chi connectivity index (χ4n) is 2.24. The Bertz CT molecular complexity index is 1000. The number of carboxylic acids is 1. The minimum Gasteiger partial charge on any atom is -0.569 e. The summed E-state index contributed by atoms with van der Waals surface area (Å²) in [6.07, 6.45) is -7.18. The van der Waals surface area contributed by atoms with Crippen LogP contribution in [0.2, 0.25) is 0 Å². The maximum atomic E-state index is 13.6. The standard InChI is InChI=1S/C16H15BrF3N3O7/c1-8-3-10(17)4-9-5-11(14(16(18,19)20)30-13(8)9)15(26)28-7-29-21-23(27)22(2)6-12(24)25/h3-5,14H,6-7H2,1-2H3,(H,24,25)/t14-/m0/s1/i1D3. The predicted molar refractivity (Wildman–Crippen MR) is 95.7 cm³/mol. The number of alkyl halides is 3. The van der Waals surface area contributed by atoms with Gasteiger partial charge in [0.05, 0.1) is 17.6 Å². The smallest absolute Gasteiger partial charge is 0.430 e. The van der Waals surface area contributed by atoms with Crippen molar-refractivity contribution in [3.63, 3.8) is 0 Å². The van der Waals surface area contributed by atoms with Gasteiger partial charge >= 0.3 is 18.1 Å². The molecule has 0 fully saturated rings. The van der Waals surface area contributed by atoms with E-state index in [0.717, 1.165) is 19.2 Å². The minimum atomic E-state index is -5.11. The molecule has 1 aliphatic heterocycles. The first-order valence-electron chi connectivity index (χ1n) is 9.30. The van der Waals surface area contributed by atoms with Crippen LogP contribution in [0.1, 0.15) is 15.2 Å². The summed E-state index contributed by atoms with van der Waals surface area (Å²) < 4.78 is 72.9. The summed E-state index contributed by atoms with van der Waals surface area (Å²) in [7, 11) is 1.06. The fraction of sp³-hybridized carbons (Fsp3) is 0.375. The van der Waals surface area contributed by atoms with Gasteiger partial charge in [0, 0.05) is 14.1 Å². The molecule has 10 nitrogen and oxygen atoms in total. The zero-order valence-electron chi connectivity index (χ0n) is 18.0. The number of hydrogen-bond acceptors (Lipinski definition) is 7. The first-order valence-corrected chi connectivity index (χ1v) is 8.59. The van der Waals surface area contributed by atoms with E-state index in [2.05, 4.69) is 30.8 Å². The van der Waals surface area contributed by atoms with E-state index in [1.54, 1.807) is 0 Å². The molecule has 1 heterocycles. The molecule has 0 spiro atoms. The molecule has 30 heavy (non-hydrogen) atoms. The average Bonchev–Trinajstić information content (AvgIpc) is 2.67. The van der Waals surface area contributed by atoms with Gasteiger partial charge in [0.2, 0.25) is 11.4 Å². The van der Waals surface area contributed by atoms with Crippen molar-refractivity contribution < 1.29 is 51.3 Å². The highest BCUT2D eigenvalue weighted by Crippen LogP contribution is 2.40. The summed E-state index contributed by atoms with van der Waals surface area (Å²) in [4.78, 5) is 26.8. The molecule has 0 amide bonds. The lowest BCUT2D eigenvalue weighted by Gasteiger charge is -2.28. The van der Waals surface area contributed by atoms with Crippen LogP contribution >= 0.6 is 15.9 Å². The first kappa shape index (κ1) is 19.0. The monoisotopic (exact) mass is 500 g/mol. The van der Waals surface area contributed by atoms with Crippen LogP contribution in [0, 0.1) is 12.1 Å². The maximum Gasteiger partial charge on any atom is 0.430 e. The van der Waals surface area contributed by atoms with E-state index in [-0.39, 0.29) is 15.0 Å². The van der Waals surface area contributed by atoms with Gasteiger partial charge < -0.3 is 24.6 Å². The van der Waals surface area contributed by atoms with E-state index in [1.807, 2.05) is 0 Å².